The summed E-state index contributed by atoms with van der Waals surface area (Å²) in [4.78, 5) is 19.2. The van der Waals surface area contributed by atoms with Crippen LogP contribution in [0.25, 0.3) is 5.69 Å². The first-order valence-corrected chi connectivity index (χ1v) is 8.26. The Labute approximate surface area is 140 Å². The van der Waals surface area contributed by atoms with E-state index in [1.165, 1.54) is 6.33 Å². The highest BCUT2D eigenvalue weighted by atomic mass is 16.5. The second-order valence-electron chi connectivity index (χ2n) is 6.05. The Bertz CT molecular complexity index is 697. The van der Waals surface area contributed by atoms with Crippen LogP contribution in [0.5, 0.6) is 0 Å². The normalized spacial score (nSPS) is 24.2. The van der Waals surface area contributed by atoms with E-state index in [1.807, 2.05) is 35.2 Å². The number of ether oxygens (including phenoxy) is 2. The van der Waals surface area contributed by atoms with Crippen LogP contribution >= 0.6 is 0 Å². The van der Waals surface area contributed by atoms with Crippen LogP contribution in [0.3, 0.4) is 0 Å². The Hall–Kier alpha value is -2.25. The molecule has 4 rings (SSSR count). The molecule has 24 heavy (non-hydrogen) atoms. The van der Waals surface area contributed by atoms with Gasteiger partial charge in [-0.15, -0.1) is 0 Å². The highest BCUT2D eigenvalue weighted by Crippen LogP contribution is 2.27. The fraction of sp³-hybridized carbons (Fsp3) is 0.471. The van der Waals surface area contributed by atoms with Crippen molar-refractivity contribution in [2.45, 2.75) is 12.5 Å². The molecule has 2 saturated heterocycles. The number of nitrogens with zero attached hydrogens (tertiary/aromatic N) is 4. The second-order valence-corrected chi connectivity index (χ2v) is 6.05. The number of para-hydroxylation sites is 1. The third kappa shape index (κ3) is 2.81. The lowest BCUT2D eigenvalue weighted by atomic mass is 10.1. The summed E-state index contributed by atoms with van der Waals surface area (Å²) in [6, 6.07) is 9.58. The zero-order valence-electron chi connectivity index (χ0n) is 13.4. The Balaban J connectivity index is 1.64. The minimum absolute atomic E-state index is 0.0568. The first-order valence-electron chi connectivity index (χ1n) is 8.26. The molecule has 7 nitrogen and oxygen atoms in total. The van der Waals surface area contributed by atoms with E-state index >= 15 is 0 Å². The van der Waals surface area contributed by atoms with Crippen molar-refractivity contribution in [3.8, 4) is 5.69 Å². The number of benzene rings is 1. The van der Waals surface area contributed by atoms with Crippen LogP contribution in [0.4, 0.5) is 0 Å². The average Bonchev–Trinajstić information content (AvgIpc) is 3.33. The van der Waals surface area contributed by atoms with E-state index in [0.717, 1.165) is 17.9 Å². The average molecular weight is 328 g/mol. The minimum Gasteiger partial charge on any atom is -0.381 e. The van der Waals surface area contributed by atoms with Gasteiger partial charge in [0.1, 0.15) is 12.4 Å². The van der Waals surface area contributed by atoms with Crippen molar-refractivity contribution in [2.75, 3.05) is 33.0 Å². The fourth-order valence-electron chi connectivity index (χ4n) is 3.29. The van der Waals surface area contributed by atoms with E-state index < -0.39 is 0 Å². The number of hydrogen-bond acceptors (Lipinski definition) is 5. The van der Waals surface area contributed by atoms with Crippen LogP contribution in [-0.4, -0.2) is 58.5 Å². The Morgan fingerprint density at radius 2 is 1.96 bits per heavy atom. The number of morpholine rings is 1. The molecular formula is C17H20N4O3. The molecule has 2 fully saturated rings. The SMILES string of the molecule is O=C(C1CCOC1)N1CCOCC1c1ncnn1-c1ccccc1. The molecule has 0 N–H and O–H groups in total. The molecule has 1 amide bonds. The highest BCUT2D eigenvalue weighted by molar-refractivity contribution is 5.79. The summed E-state index contributed by atoms with van der Waals surface area (Å²) < 4.78 is 12.8. The van der Waals surface area contributed by atoms with Gasteiger partial charge < -0.3 is 14.4 Å². The van der Waals surface area contributed by atoms with Gasteiger partial charge in [-0.2, -0.15) is 5.10 Å². The van der Waals surface area contributed by atoms with Crippen LogP contribution in [0.1, 0.15) is 18.3 Å². The number of hydrogen-bond donors (Lipinski definition) is 0. The molecule has 2 aliphatic heterocycles. The van der Waals surface area contributed by atoms with Gasteiger partial charge in [0.2, 0.25) is 5.91 Å². The topological polar surface area (TPSA) is 69.5 Å². The molecule has 0 bridgehead atoms. The summed E-state index contributed by atoms with van der Waals surface area (Å²) in [6.07, 6.45) is 2.31. The molecule has 1 aromatic carbocycles. The summed E-state index contributed by atoms with van der Waals surface area (Å²) >= 11 is 0. The van der Waals surface area contributed by atoms with Gasteiger partial charge >= 0.3 is 0 Å². The lowest BCUT2D eigenvalue weighted by Crippen LogP contribution is -2.47. The lowest BCUT2D eigenvalue weighted by Gasteiger charge is -2.36. The zero-order chi connectivity index (χ0) is 16.4. The smallest absolute Gasteiger partial charge is 0.228 e. The number of carbonyl (C=O) groups excluding carboxylic acids is 1. The predicted molar refractivity (Wildman–Crippen MR) is 85.6 cm³/mol. The standard InChI is InChI=1S/C17H20N4O3/c22-17(13-6-8-23-10-13)20-7-9-24-11-15(20)16-18-12-19-21(16)14-4-2-1-3-5-14/h1-5,12-13,15H,6-11H2. The number of amides is 1. The second kappa shape index (κ2) is 6.70. The van der Waals surface area contributed by atoms with Gasteiger partial charge in [-0.25, -0.2) is 9.67 Å². The van der Waals surface area contributed by atoms with Gasteiger partial charge in [0.15, 0.2) is 5.82 Å². The molecule has 0 aliphatic carbocycles. The molecule has 2 unspecified atom stereocenters. The minimum atomic E-state index is -0.227. The number of rotatable bonds is 3. The molecule has 7 heteroatoms. The first-order chi connectivity index (χ1) is 11.8. The van der Waals surface area contributed by atoms with Crippen LogP contribution in [-0.2, 0) is 14.3 Å². The van der Waals surface area contributed by atoms with E-state index in [1.54, 1.807) is 4.68 Å². The van der Waals surface area contributed by atoms with Gasteiger partial charge in [-0.05, 0) is 18.6 Å². The molecular weight excluding hydrogens is 308 g/mol. The molecule has 0 spiro atoms. The number of aromatic nitrogens is 3. The van der Waals surface area contributed by atoms with Gasteiger partial charge in [0.25, 0.3) is 0 Å². The highest BCUT2D eigenvalue weighted by Gasteiger charge is 2.36. The van der Waals surface area contributed by atoms with E-state index in [9.17, 15) is 4.79 Å². The summed E-state index contributed by atoms with van der Waals surface area (Å²) in [5, 5.41) is 4.34. The van der Waals surface area contributed by atoms with Gasteiger partial charge in [0, 0.05) is 13.2 Å². The summed E-state index contributed by atoms with van der Waals surface area (Å²) in [5.41, 5.74) is 0.923. The third-order valence-electron chi connectivity index (χ3n) is 4.56. The van der Waals surface area contributed by atoms with E-state index in [2.05, 4.69) is 10.1 Å². The third-order valence-corrected chi connectivity index (χ3v) is 4.56. The van der Waals surface area contributed by atoms with Crippen molar-refractivity contribution >= 4 is 5.91 Å². The van der Waals surface area contributed by atoms with Crippen LogP contribution in [0, 0.1) is 5.92 Å². The maximum absolute atomic E-state index is 12.9. The monoisotopic (exact) mass is 328 g/mol. The van der Waals surface area contributed by atoms with Gasteiger partial charge in [0.05, 0.1) is 31.4 Å². The van der Waals surface area contributed by atoms with Crippen molar-refractivity contribution < 1.29 is 14.3 Å². The Kier molecular flexibility index (Phi) is 4.27. The molecule has 2 atom stereocenters. The Morgan fingerprint density at radius 3 is 2.75 bits per heavy atom. The quantitative estimate of drug-likeness (QED) is 0.847. The van der Waals surface area contributed by atoms with E-state index in [4.69, 9.17) is 9.47 Å². The largest absolute Gasteiger partial charge is 0.381 e. The Morgan fingerprint density at radius 1 is 1.12 bits per heavy atom. The number of carbonyl (C=O) groups is 1. The summed E-state index contributed by atoms with van der Waals surface area (Å²) in [5.74, 6) is 0.801. The van der Waals surface area contributed by atoms with Gasteiger partial charge in [-0.3, -0.25) is 4.79 Å². The molecule has 0 radical (unpaired) electrons. The van der Waals surface area contributed by atoms with E-state index in [0.29, 0.717) is 33.0 Å². The summed E-state index contributed by atoms with van der Waals surface area (Å²) in [6.45, 7) is 2.72. The first kappa shape index (κ1) is 15.3. The molecule has 2 aromatic rings. The fourth-order valence-corrected chi connectivity index (χ4v) is 3.29. The lowest BCUT2D eigenvalue weighted by molar-refractivity contribution is -0.145. The van der Waals surface area contributed by atoms with Crippen molar-refractivity contribution in [1.29, 1.82) is 0 Å². The molecule has 2 aliphatic rings. The maximum atomic E-state index is 12.9. The van der Waals surface area contributed by atoms with Crippen molar-refractivity contribution in [3.05, 3.63) is 42.5 Å². The molecule has 1 aromatic heterocycles. The van der Waals surface area contributed by atoms with E-state index in [-0.39, 0.29) is 17.9 Å². The van der Waals surface area contributed by atoms with Crippen LogP contribution < -0.4 is 0 Å². The van der Waals surface area contributed by atoms with Gasteiger partial charge in [-0.1, -0.05) is 18.2 Å². The zero-order valence-corrected chi connectivity index (χ0v) is 13.4. The van der Waals surface area contributed by atoms with Crippen LogP contribution in [0.15, 0.2) is 36.7 Å². The van der Waals surface area contributed by atoms with Crippen LogP contribution in [0.2, 0.25) is 0 Å². The molecule has 126 valence electrons. The predicted octanol–water partition coefficient (Wildman–Crippen LogP) is 1.20. The summed E-state index contributed by atoms with van der Waals surface area (Å²) in [7, 11) is 0. The van der Waals surface area contributed by atoms with Crippen molar-refractivity contribution in [1.82, 2.24) is 19.7 Å². The molecule has 0 saturated carbocycles. The van der Waals surface area contributed by atoms with Crippen molar-refractivity contribution in [2.24, 2.45) is 5.92 Å². The van der Waals surface area contributed by atoms with Crippen molar-refractivity contribution in [3.63, 3.8) is 0 Å². The maximum Gasteiger partial charge on any atom is 0.228 e. The molecule has 3 heterocycles.